The lowest BCUT2D eigenvalue weighted by molar-refractivity contribution is -0.163. The SMILES string of the molecule is O=Cc1cc(NC2(C(=O)O)C(=O)CCCCCCCCCCCCCCCCC(=O)N2CCC(=O)O)cc(C(=O)O)c1. The van der Waals surface area contributed by atoms with Crippen LogP contribution < -0.4 is 5.32 Å². The van der Waals surface area contributed by atoms with E-state index in [4.69, 9.17) is 0 Å². The van der Waals surface area contributed by atoms with Crippen molar-refractivity contribution in [1.29, 1.82) is 0 Å². The average molecular weight is 589 g/mol. The minimum atomic E-state index is -2.70. The Bertz CT molecular complexity index is 1100. The summed E-state index contributed by atoms with van der Waals surface area (Å²) in [7, 11) is 0. The van der Waals surface area contributed by atoms with Gasteiger partial charge in [-0.05, 0) is 31.0 Å². The molecule has 0 aliphatic carbocycles. The van der Waals surface area contributed by atoms with Crippen LogP contribution in [0.2, 0.25) is 0 Å². The van der Waals surface area contributed by atoms with Gasteiger partial charge in [-0.15, -0.1) is 0 Å². The van der Waals surface area contributed by atoms with E-state index >= 15 is 0 Å². The third kappa shape index (κ3) is 10.6. The zero-order valence-electron chi connectivity index (χ0n) is 24.3. The number of aliphatic carboxylic acids is 2. The number of aromatic carboxylic acids is 1. The summed E-state index contributed by atoms with van der Waals surface area (Å²) in [4.78, 5) is 76.0. The monoisotopic (exact) mass is 588 g/mol. The fourth-order valence-corrected chi connectivity index (χ4v) is 5.39. The first-order valence-electron chi connectivity index (χ1n) is 15.0. The molecule has 0 bridgehead atoms. The van der Waals surface area contributed by atoms with Crippen LogP contribution in [0, 0.1) is 0 Å². The van der Waals surface area contributed by atoms with Crippen molar-refractivity contribution in [1.82, 2.24) is 4.90 Å². The third-order valence-corrected chi connectivity index (χ3v) is 7.68. The highest BCUT2D eigenvalue weighted by Crippen LogP contribution is 2.28. The molecular weight excluding hydrogens is 544 g/mol. The van der Waals surface area contributed by atoms with E-state index in [1.165, 1.54) is 25.3 Å². The van der Waals surface area contributed by atoms with Gasteiger partial charge in [-0.1, -0.05) is 77.0 Å². The van der Waals surface area contributed by atoms with Gasteiger partial charge in [0.05, 0.1) is 12.0 Å². The summed E-state index contributed by atoms with van der Waals surface area (Å²) in [6, 6.07) is 3.36. The summed E-state index contributed by atoms with van der Waals surface area (Å²) in [6.07, 6.45) is 12.4. The lowest BCUT2D eigenvalue weighted by Gasteiger charge is -2.40. The number of anilines is 1. The molecule has 0 saturated carbocycles. The molecule has 1 amide bonds. The van der Waals surface area contributed by atoms with Gasteiger partial charge in [-0.3, -0.25) is 19.2 Å². The number of carbonyl (C=O) groups is 6. The largest absolute Gasteiger partial charge is 0.481 e. The van der Waals surface area contributed by atoms with Crippen LogP contribution in [0.15, 0.2) is 18.2 Å². The van der Waals surface area contributed by atoms with Gasteiger partial charge in [0.1, 0.15) is 6.29 Å². The number of aldehydes is 1. The second-order valence-corrected chi connectivity index (χ2v) is 11.0. The van der Waals surface area contributed by atoms with E-state index in [0.29, 0.717) is 25.5 Å². The Morgan fingerprint density at radius 2 is 1.26 bits per heavy atom. The highest BCUT2D eigenvalue weighted by molar-refractivity contribution is 6.12. The molecule has 1 unspecified atom stereocenters. The summed E-state index contributed by atoms with van der Waals surface area (Å²) in [5, 5.41) is 32.1. The molecule has 42 heavy (non-hydrogen) atoms. The number of hydrogen-bond donors (Lipinski definition) is 4. The molecule has 232 valence electrons. The van der Waals surface area contributed by atoms with Crippen LogP contribution in [-0.4, -0.2) is 68.3 Å². The van der Waals surface area contributed by atoms with E-state index in [-0.39, 0.29) is 29.7 Å². The molecule has 1 aliphatic heterocycles. The molecule has 1 atom stereocenters. The maximum atomic E-state index is 13.9. The number of nitrogens with zero attached hydrogens (tertiary/aromatic N) is 1. The van der Waals surface area contributed by atoms with Gasteiger partial charge >= 0.3 is 17.9 Å². The molecule has 1 aliphatic rings. The van der Waals surface area contributed by atoms with E-state index in [1.54, 1.807) is 0 Å². The molecule has 0 aromatic heterocycles. The number of hydrogen-bond acceptors (Lipinski definition) is 7. The summed E-state index contributed by atoms with van der Waals surface area (Å²) in [5.41, 5.74) is -3.29. The van der Waals surface area contributed by atoms with Crippen molar-refractivity contribution in [3.63, 3.8) is 0 Å². The smallest absolute Gasteiger partial charge is 0.358 e. The zero-order chi connectivity index (χ0) is 31.0. The number of carbonyl (C=O) groups excluding carboxylic acids is 3. The molecule has 11 heteroatoms. The van der Waals surface area contributed by atoms with Crippen LogP contribution in [0.5, 0.6) is 0 Å². The van der Waals surface area contributed by atoms with Crippen LogP contribution in [0.1, 0.15) is 130 Å². The molecule has 1 saturated heterocycles. The minimum Gasteiger partial charge on any atom is -0.481 e. The molecule has 1 heterocycles. The highest BCUT2D eigenvalue weighted by Gasteiger charge is 2.53. The number of amides is 1. The Morgan fingerprint density at radius 3 is 1.71 bits per heavy atom. The van der Waals surface area contributed by atoms with Gasteiger partial charge in [0.15, 0.2) is 5.78 Å². The quantitative estimate of drug-likeness (QED) is 0.223. The van der Waals surface area contributed by atoms with Crippen LogP contribution in [0.25, 0.3) is 0 Å². The Kier molecular flexibility index (Phi) is 14.7. The first-order valence-corrected chi connectivity index (χ1v) is 15.0. The van der Waals surface area contributed by atoms with E-state index in [9.17, 15) is 44.1 Å². The number of rotatable bonds is 8. The van der Waals surface area contributed by atoms with Crippen molar-refractivity contribution >= 4 is 41.6 Å². The topological polar surface area (TPSA) is 178 Å². The molecule has 1 aromatic rings. The molecule has 11 nitrogen and oxygen atoms in total. The lowest BCUT2D eigenvalue weighted by atomic mass is 9.94. The summed E-state index contributed by atoms with van der Waals surface area (Å²) >= 11 is 0. The van der Waals surface area contributed by atoms with E-state index in [2.05, 4.69) is 5.32 Å². The summed E-state index contributed by atoms with van der Waals surface area (Å²) in [5.74, 6) is -5.93. The molecule has 1 aromatic carbocycles. The standard InChI is InChI=1S/C31H44N2O9/c34-22-23-19-24(29(39)40)21-25(20-23)32-31(30(41)42)26(35)15-13-11-9-7-5-3-1-2-4-6-8-10-12-14-16-27(36)33(31)18-17-28(37)38/h19-22,32H,1-18H2,(H,37,38)(H,39,40)(H,41,42). The first kappa shape index (κ1) is 34.4. The third-order valence-electron chi connectivity index (χ3n) is 7.68. The van der Waals surface area contributed by atoms with Gasteiger partial charge < -0.3 is 25.5 Å². The number of carboxylic acid groups (broad SMARTS) is 3. The van der Waals surface area contributed by atoms with Crippen molar-refractivity contribution < 1.29 is 44.1 Å². The summed E-state index contributed by atoms with van der Waals surface area (Å²) < 4.78 is 0. The molecule has 4 N–H and O–H groups in total. The molecule has 2 rings (SSSR count). The number of ketones is 1. The van der Waals surface area contributed by atoms with Crippen molar-refractivity contribution in [2.24, 2.45) is 0 Å². The van der Waals surface area contributed by atoms with E-state index in [1.807, 2.05) is 0 Å². The predicted octanol–water partition coefficient (Wildman–Crippen LogP) is 5.52. The number of carboxylic acids is 3. The van der Waals surface area contributed by atoms with Gasteiger partial charge in [0, 0.05) is 30.6 Å². The Labute approximate surface area is 246 Å². The fourth-order valence-electron chi connectivity index (χ4n) is 5.39. The maximum absolute atomic E-state index is 13.9. The van der Waals surface area contributed by atoms with E-state index in [0.717, 1.165) is 68.4 Å². The zero-order valence-corrected chi connectivity index (χ0v) is 24.3. The van der Waals surface area contributed by atoms with Crippen LogP contribution in [0.4, 0.5) is 5.69 Å². The lowest BCUT2D eigenvalue weighted by Crippen LogP contribution is -2.67. The van der Waals surface area contributed by atoms with E-state index < -0.39 is 48.2 Å². The fraction of sp³-hybridized carbons (Fsp3) is 0.613. The van der Waals surface area contributed by atoms with Gasteiger partial charge in [-0.25, -0.2) is 9.59 Å². The Hall–Kier alpha value is -3.76. The normalized spacial score (nSPS) is 20.8. The summed E-state index contributed by atoms with van der Waals surface area (Å²) in [6.45, 7) is -0.557. The second kappa shape index (κ2) is 17.9. The van der Waals surface area contributed by atoms with Crippen LogP contribution in [-0.2, 0) is 19.2 Å². The minimum absolute atomic E-state index is 0.0827. The van der Waals surface area contributed by atoms with Crippen molar-refractivity contribution in [2.75, 3.05) is 11.9 Å². The maximum Gasteiger partial charge on any atom is 0.358 e. The molecule has 1 fully saturated rings. The molecular formula is C31H44N2O9. The first-order chi connectivity index (χ1) is 20.1. The predicted molar refractivity (Wildman–Crippen MR) is 156 cm³/mol. The van der Waals surface area contributed by atoms with Gasteiger partial charge in [-0.2, -0.15) is 0 Å². The van der Waals surface area contributed by atoms with Crippen molar-refractivity contribution in [3.8, 4) is 0 Å². The number of Topliss-reactive ketones (excluding diaryl/α,β-unsaturated/α-hetero) is 1. The average Bonchev–Trinajstić information content (AvgIpc) is 2.95. The highest BCUT2D eigenvalue weighted by atomic mass is 16.4. The van der Waals surface area contributed by atoms with Crippen LogP contribution in [0.3, 0.4) is 0 Å². The Balaban J connectivity index is 2.52. The molecule has 0 spiro atoms. The van der Waals surface area contributed by atoms with Crippen molar-refractivity contribution in [3.05, 3.63) is 29.3 Å². The number of nitrogens with one attached hydrogen (secondary N) is 1. The second-order valence-electron chi connectivity index (χ2n) is 11.0. The van der Waals surface area contributed by atoms with Gasteiger partial charge in [0.2, 0.25) is 5.91 Å². The van der Waals surface area contributed by atoms with Crippen molar-refractivity contribution in [2.45, 2.75) is 115 Å². The van der Waals surface area contributed by atoms with Gasteiger partial charge in [0.25, 0.3) is 5.66 Å². The van der Waals surface area contributed by atoms with Crippen LogP contribution >= 0.6 is 0 Å². The molecule has 0 radical (unpaired) electrons. The Morgan fingerprint density at radius 1 is 0.762 bits per heavy atom. The number of benzene rings is 1.